The van der Waals surface area contributed by atoms with Gasteiger partial charge in [0.05, 0.1) is 32.5 Å². The summed E-state index contributed by atoms with van der Waals surface area (Å²) in [7, 11) is 4.56. The fraction of sp³-hybridized carbons (Fsp3) is 0.200. The van der Waals surface area contributed by atoms with Crippen LogP contribution < -0.4 is 29.6 Å². The van der Waals surface area contributed by atoms with E-state index < -0.39 is 11.9 Å². The van der Waals surface area contributed by atoms with E-state index >= 15 is 0 Å². The number of rotatable bonds is 7. The van der Waals surface area contributed by atoms with Gasteiger partial charge < -0.3 is 28.7 Å². The van der Waals surface area contributed by atoms with Gasteiger partial charge in [0.25, 0.3) is 5.91 Å². The number of aromatic nitrogens is 2. The predicted octanol–water partition coefficient (Wildman–Crippen LogP) is 4.62. The van der Waals surface area contributed by atoms with Crippen LogP contribution in [-0.2, 0) is 0 Å². The normalized spacial score (nSPS) is 10.6. The van der Waals surface area contributed by atoms with Crippen LogP contribution in [0.5, 0.6) is 28.7 Å². The number of benzene rings is 2. The zero-order valence-electron chi connectivity index (χ0n) is 20.3. The topological polar surface area (TPSA) is 134 Å². The SMILES string of the molecule is COc1cc(Oc2ccnc3cc(OC)c(OC)cc23)ccc1NC(=O)NC(=O)c1nc(C)oc1C. The van der Waals surface area contributed by atoms with Gasteiger partial charge in [-0.15, -0.1) is 0 Å². The van der Waals surface area contributed by atoms with E-state index in [2.05, 4.69) is 20.6 Å². The number of hydrogen-bond acceptors (Lipinski definition) is 9. The molecule has 0 spiro atoms. The van der Waals surface area contributed by atoms with E-state index in [-0.39, 0.29) is 5.69 Å². The van der Waals surface area contributed by atoms with Gasteiger partial charge in [0.1, 0.15) is 23.0 Å². The highest BCUT2D eigenvalue weighted by Crippen LogP contribution is 2.38. The number of carbonyl (C=O) groups excluding carboxylic acids is 2. The Morgan fingerprint density at radius 2 is 1.61 bits per heavy atom. The summed E-state index contributed by atoms with van der Waals surface area (Å²) < 4.78 is 27.5. The third-order valence-electron chi connectivity index (χ3n) is 5.20. The van der Waals surface area contributed by atoms with Gasteiger partial charge in [0, 0.05) is 30.6 Å². The summed E-state index contributed by atoms with van der Waals surface area (Å²) >= 11 is 0. The maximum atomic E-state index is 12.4. The zero-order valence-corrected chi connectivity index (χ0v) is 20.3. The molecule has 0 fully saturated rings. The Labute approximate surface area is 206 Å². The van der Waals surface area contributed by atoms with Crippen LogP contribution in [0.3, 0.4) is 0 Å². The van der Waals surface area contributed by atoms with Crippen molar-refractivity contribution < 1.29 is 33.0 Å². The number of amides is 3. The minimum absolute atomic E-state index is 0.0391. The van der Waals surface area contributed by atoms with Crippen LogP contribution in [0.2, 0.25) is 0 Å². The van der Waals surface area contributed by atoms with Gasteiger partial charge in [-0.3, -0.25) is 15.1 Å². The number of anilines is 1. The van der Waals surface area contributed by atoms with Crippen LogP contribution in [0.4, 0.5) is 10.5 Å². The molecule has 11 heteroatoms. The van der Waals surface area contributed by atoms with Gasteiger partial charge in [-0.25, -0.2) is 9.78 Å². The van der Waals surface area contributed by atoms with Crippen molar-refractivity contribution in [3.8, 4) is 28.7 Å². The number of fused-ring (bicyclic) bond motifs is 1. The Hall–Kier alpha value is -4.80. The lowest BCUT2D eigenvalue weighted by atomic mass is 10.2. The molecule has 0 aliphatic carbocycles. The summed E-state index contributed by atoms with van der Waals surface area (Å²) in [6, 6.07) is 9.36. The van der Waals surface area contributed by atoms with Crippen molar-refractivity contribution >= 4 is 28.5 Å². The molecule has 0 atom stereocenters. The van der Waals surface area contributed by atoms with Crippen molar-refractivity contribution in [1.82, 2.24) is 15.3 Å². The molecule has 2 N–H and O–H groups in total. The summed E-state index contributed by atoms with van der Waals surface area (Å²) in [5, 5.41) is 5.52. The van der Waals surface area contributed by atoms with Gasteiger partial charge in [0.15, 0.2) is 23.1 Å². The zero-order chi connectivity index (χ0) is 25.8. The van der Waals surface area contributed by atoms with Crippen molar-refractivity contribution in [1.29, 1.82) is 0 Å². The molecular weight excluding hydrogens is 468 g/mol. The molecule has 0 saturated heterocycles. The second kappa shape index (κ2) is 10.2. The lowest BCUT2D eigenvalue weighted by Crippen LogP contribution is -2.35. The van der Waals surface area contributed by atoms with Crippen LogP contribution >= 0.6 is 0 Å². The maximum Gasteiger partial charge on any atom is 0.326 e. The van der Waals surface area contributed by atoms with Crippen LogP contribution in [0.1, 0.15) is 22.1 Å². The van der Waals surface area contributed by atoms with Gasteiger partial charge in [-0.05, 0) is 31.2 Å². The number of imide groups is 1. The summed E-state index contributed by atoms with van der Waals surface area (Å²) in [6.07, 6.45) is 1.62. The number of methoxy groups -OCH3 is 3. The smallest absolute Gasteiger partial charge is 0.326 e. The molecule has 2 aromatic heterocycles. The summed E-state index contributed by atoms with van der Waals surface area (Å²) in [4.78, 5) is 33.1. The van der Waals surface area contributed by atoms with Crippen molar-refractivity contribution in [2.45, 2.75) is 13.8 Å². The second-order valence-corrected chi connectivity index (χ2v) is 7.54. The first kappa shape index (κ1) is 24.3. The van der Waals surface area contributed by atoms with Gasteiger partial charge >= 0.3 is 6.03 Å². The first-order chi connectivity index (χ1) is 17.3. The van der Waals surface area contributed by atoms with Gasteiger partial charge in [-0.1, -0.05) is 0 Å². The van der Waals surface area contributed by atoms with Gasteiger partial charge in [0.2, 0.25) is 0 Å². The Morgan fingerprint density at radius 3 is 2.28 bits per heavy atom. The largest absolute Gasteiger partial charge is 0.494 e. The highest BCUT2D eigenvalue weighted by atomic mass is 16.5. The average Bonchev–Trinajstić information content (AvgIpc) is 3.21. The van der Waals surface area contributed by atoms with Gasteiger partial charge in [-0.2, -0.15) is 0 Å². The van der Waals surface area contributed by atoms with E-state index in [0.717, 1.165) is 0 Å². The molecule has 2 heterocycles. The van der Waals surface area contributed by atoms with Crippen molar-refractivity contribution in [2.24, 2.45) is 0 Å². The Balaban J connectivity index is 1.53. The first-order valence-electron chi connectivity index (χ1n) is 10.8. The molecule has 11 nitrogen and oxygen atoms in total. The molecule has 0 aliphatic heterocycles. The van der Waals surface area contributed by atoms with E-state index in [4.69, 9.17) is 23.4 Å². The first-order valence-corrected chi connectivity index (χ1v) is 10.8. The Morgan fingerprint density at radius 1 is 0.889 bits per heavy atom. The second-order valence-electron chi connectivity index (χ2n) is 7.54. The number of aryl methyl sites for hydroxylation is 2. The number of hydrogen-bond donors (Lipinski definition) is 2. The number of oxazole rings is 1. The lowest BCUT2D eigenvalue weighted by Gasteiger charge is -2.14. The molecule has 0 aliphatic rings. The summed E-state index contributed by atoms with van der Waals surface area (Å²) in [5.41, 5.74) is 1.03. The van der Waals surface area contributed by atoms with E-state index in [1.807, 2.05) is 0 Å². The van der Waals surface area contributed by atoms with Crippen LogP contribution in [-0.4, -0.2) is 43.2 Å². The van der Waals surface area contributed by atoms with Crippen LogP contribution in [0, 0.1) is 13.8 Å². The van der Waals surface area contributed by atoms with Crippen molar-refractivity contribution in [2.75, 3.05) is 26.6 Å². The maximum absolute atomic E-state index is 12.4. The van der Waals surface area contributed by atoms with Crippen LogP contribution in [0.25, 0.3) is 10.9 Å². The van der Waals surface area contributed by atoms with Crippen molar-refractivity contribution in [3.05, 3.63) is 59.9 Å². The number of ether oxygens (including phenoxy) is 4. The fourth-order valence-electron chi connectivity index (χ4n) is 3.56. The number of urea groups is 1. The molecule has 2 aromatic carbocycles. The molecule has 0 saturated carbocycles. The molecule has 3 amide bonds. The van der Waals surface area contributed by atoms with E-state index in [0.29, 0.717) is 57.0 Å². The minimum Gasteiger partial charge on any atom is -0.494 e. The predicted molar refractivity (Wildman–Crippen MR) is 130 cm³/mol. The molecule has 186 valence electrons. The summed E-state index contributed by atoms with van der Waals surface area (Å²) in [5.74, 6) is 2.36. The molecule has 4 aromatic rings. The Bertz CT molecular complexity index is 1450. The Kier molecular flexibility index (Phi) is 6.91. The average molecular weight is 492 g/mol. The number of nitrogens with zero attached hydrogens (tertiary/aromatic N) is 2. The third kappa shape index (κ3) is 4.99. The van der Waals surface area contributed by atoms with E-state index in [9.17, 15) is 9.59 Å². The highest BCUT2D eigenvalue weighted by molar-refractivity contribution is 6.07. The third-order valence-corrected chi connectivity index (χ3v) is 5.20. The minimum atomic E-state index is -0.756. The quantitative estimate of drug-likeness (QED) is 0.379. The monoisotopic (exact) mass is 492 g/mol. The van der Waals surface area contributed by atoms with Crippen LogP contribution in [0.15, 0.2) is 47.0 Å². The van der Waals surface area contributed by atoms with E-state index in [1.165, 1.54) is 7.11 Å². The molecular formula is C25H24N4O7. The molecule has 4 rings (SSSR count). The fourth-order valence-corrected chi connectivity index (χ4v) is 3.56. The van der Waals surface area contributed by atoms with Crippen molar-refractivity contribution in [3.63, 3.8) is 0 Å². The molecule has 36 heavy (non-hydrogen) atoms. The van der Waals surface area contributed by atoms with E-state index in [1.54, 1.807) is 70.7 Å². The molecule has 0 unspecified atom stereocenters. The highest BCUT2D eigenvalue weighted by Gasteiger charge is 2.19. The lowest BCUT2D eigenvalue weighted by molar-refractivity contribution is 0.0961. The molecule has 0 bridgehead atoms. The number of pyridine rings is 1. The number of nitrogens with one attached hydrogen (secondary N) is 2. The standard InChI is InChI=1S/C25H24N4O7/c1-13-23(27-14(2)35-13)24(30)29-25(31)28-17-7-6-15(10-20(17)32-3)36-19-8-9-26-18-12-22(34-5)21(33-4)11-16(18)19/h6-12H,1-5H3,(H2,28,29,30,31). The summed E-state index contributed by atoms with van der Waals surface area (Å²) in [6.45, 7) is 3.20. The molecule has 0 radical (unpaired) electrons. The number of carbonyl (C=O) groups is 2.